The third-order valence-corrected chi connectivity index (χ3v) is 3.23. The monoisotopic (exact) mass is 249 g/mol. The first-order chi connectivity index (χ1) is 8.15. The second-order valence-corrected chi connectivity index (χ2v) is 5.35. The van der Waals surface area contributed by atoms with Gasteiger partial charge in [0.1, 0.15) is 0 Å². The fourth-order valence-electron chi connectivity index (χ4n) is 1.42. The van der Waals surface area contributed by atoms with Gasteiger partial charge in [-0.3, -0.25) is 5.32 Å². The Morgan fingerprint density at radius 3 is 2.88 bits per heavy atom. The first kappa shape index (κ1) is 11.9. The van der Waals surface area contributed by atoms with Crippen molar-refractivity contribution in [2.24, 2.45) is 5.92 Å². The molecular weight excluding hydrogens is 234 g/mol. The molecule has 0 spiro atoms. The number of anilines is 1. The van der Waals surface area contributed by atoms with Gasteiger partial charge in [0.05, 0.1) is 11.6 Å². The molecule has 0 radical (unpaired) electrons. The molecule has 0 fully saturated rings. The van der Waals surface area contributed by atoms with Crippen LogP contribution >= 0.6 is 11.3 Å². The zero-order chi connectivity index (χ0) is 12.3. The Bertz CT molecular complexity index is 486. The number of rotatable bonds is 3. The predicted octanol–water partition coefficient (Wildman–Crippen LogP) is 4.11. The fourth-order valence-corrected chi connectivity index (χ4v) is 2.37. The van der Waals surface area contributed by atoms with Crippen LogP contribution in [0.5, 0.6) is 0 Å². The second kappa shape index (κ2) is 5.19. The fraction of sp³-hybridized carbons (Fsp3) is 0.308. The molecule has 2 rings (SSSR count). The maximum absolute atomic E-state index is 11.5. The quantitative estimate of drug-likeness (QED) is 0.889. The molecule has 1 amide bonds. The van der Waals surface area contributed by atoms with Crippen molar-refractivity contribution < 1.29 is 9.53 Å². The lowest BCUT2D eigenvalue weighted by atomic mass is 10.2. The average Bonchev–Trinajstić information content (AvgIpc) is 2.68. The lowest BCUT2D eigenvalue weighted by Crippen LogP contribution is -2.15. The smallest absolute Gasteiger partial charge is 0.412 e. The Kier molecular flexibility index (Phi) is 3.64. The second-order valence-electron chi connectivity index (χ2n) is 4.27. The topological polar surface area (TPSA) is 38.3 Å². The molecule has 2 aromatic rings. The lowest BCUT2D eigenvalue weighted by Gasteiger charge is -2.06. The number of hydrogen-bond acceptors (Lipinski definition) is 3. The maximum Gasteiger partial charge on any atom is 0.412 e. The molecule has 4 heteroatoms. The van der Waals surface area contributed by atoms with Crippen molar-refractivity contribution in [2.45, 2.75) is 13.8 Å². The molecule has 1 N–H and O–H groups in total. The van der Waals surface area contributed by atoms with Gasteiger partial charge in [-0.05, 0) is 23.4 Å². The third kappa shape index (κ3) is 3.20. The zero-order valence-electron chi connectivity index (χ0n) is 9.90. The first-order valence-electron chi connectivity index (χ1n) is 5.57. The molecule has 0 aliphatic carbocycles. The van der Waals surface area contributed by atoms with E-state index < -0.39 is 0 Å². The van der Waals surface area contributed by atoms with Crippen LogP contribution in [0, 0.1) is 5.92 Å². The van der Waals surface area contributed by atoms with Crippen LogP contribution in [0.3, 0.4) is 0 Å². The number of nitrogens with one attached hydrogen (secondary N) is 1. The van der Waals surface area contributed by atoms with E-state index in [1.807, 2.05) is 44.2 Å². The van der Waals surface area contributed by atoms with E-state index in [0.717, 1.165) is 15.1 Å². The molecule has 0 aliphatic rings. The highest BCUT2D eigenvalue weighted by Crippen LogP contribution is 2.29. The van der Waals surface area contributed by atoms with E-state index >= 15 is 0 Å². The van der Waals surface area contributed by atoms with E-state index in [4.69, 9.17) is 4.74 Å². The van der Waals surface area contributed by atoms with Crippen LogP contribution in [-0.2, 0) is 4.74 Å². The molecule has 0 atom stereocenters. The summed E-state index contributed by atoms with van der Waals surface area (Å²) >= 11 is 1.55. The minimum Gasteiger partial charge on any atom is -0.449 e. The number of fused-ring (bicyclic) bond motifs is 1. The van der Waals surface area contributed by atoms with Gasteiger partial charge in [-0.2, -0.15) is 0 Å². The van der Waals surface area contributed by atoms with E-state index in [1.165, 1.54) is 0 Å². The molecule has 0 unspecified atom stereocenters. The molecule has 17 heavy (non-hydrogen) atoms. The number of carbonyl (C=O) groups is 1. The van der Waals surface area contributed by atoms with Gasteiger partial charge in [0.2, 0.25) is 0 Å². The Morgan fingerprint density at radius 2 is 2.18 bits per heavy atom. The van der Waals surface area contributed by atoms with Crippen molar-refractivity contribution in [1.29, 1.82) is 0 Å². The number of thiophene rings is 1. The van der Waals surface area contributed by atoms with Crippen molar-refractivity contribution in [1.82, 2.24) is 0 Å². The van der Waals surface area contributed by atoms with Crippen molar-refractivity contribution in [2.75, 3.05) is 11.9 Å². The summed E-state index contributed by atoms with van der Waals surface area (Å²) in [5.74, 6) is 0.350. The molecule has 3 nitrogen and oxygen atoms in total. The zero-order valence-corrected chi connectivity index (χ0v) is 10.7. The number of ether oxygens (including phenoxy) is 1. The van der Waals surface area contributed by atoms with Crippen LogP contribution in [-0.4, -0.2) is 12.7 Å². The highest BCUT2D eigenvalue weighted by molar-refractivity contribution is 7.22. The largest absolute Gasteiger partial charge is 0.449 e. The van der Waals surface area contributed by atoms with Crippen LogP contribution < -0.4 is 5.32 Å². The summed E-state index contributed by atoms with van der Waals surface area (Å²) in [6.07, 6.45) is -0.384. The van der Waals surface area contributed by atoms with Crippen LogP contribution in [0.15, 0.2) is 30.3 Å². The van der Waals surface area contributed by atoms with Crippen molar-refractivity contribution in [3.8, 4) is 0 Å². The number of hydrogen-bond donors (Lipinski definition) is 1. The molecule has 0 saturated heterocycles. The SMILES string of the molecule is CC(C)COC(=O)Nc1cc2ccccc2s1. The predicted molar refractivity (Wildman–Crippen MR) is 71.6 cm³/mol. The normalized spacial score (nSPS) is 10.8. The number of amides is 1. The van der Waals surface area contributed by atoms with E-state index in [2.05, 4.69) is 5.32 Å². The summed E-state index contributed by atoms with van der Waals surface area (Å²) in [6.45, 7) is 4.45. The Labute approximate surface area is 104 Å². The van der Waals surface area contributed by atoms with E-state index in [0.29, 0.717) is 12.5 Å². The van der Waals surface area contributed by atoms with Gasteiger partial charge < -0.3 is 4.74 Å². The van der Waals surface area contributed by atoms with E-state index in [9.17, 15) is 4.79 Å². The molecular formula is C13H15NO2S. The van der Waals surface area contributed by atoms with Crippen molar-refractivity contribution in [3.05, 3.63) is 30.3 Å². The summed E-state index contributed by atoms with van der Waals surface area (Å²) in [5, 5.41) is 4.70. The van der Waals surface area contributed by atoms with Crippen LogP contribution in [0.4, 0.5) is 9.80 Å². The molecule has 0 bridgehead atoms. The summed E-state index contributed by atoms with van der Waals surface area (Å²) in [7, 11) is 0. The van der Waals surface area contributed by atoms with Gasteiger partial charge in [-0.1, -0.05) is 32.0 Å². The first-order valence-corrected chi connectivity index (χ1v) is 6.39. The Morgan fingerprint density at radius 1 is 1.41 bits per heavy atom. The van der Waals surface area contributed by atoms with Gasteiger partial charge in [0, 0.05) is 4.70 Å². The van der Waals surface area contributed by atoms with Gasteiger partial charge in [-0.15, -0.1) is 11.3 Å². The van der Waals surface area contributed by atoms with Crippen LogP contribution in [0.2, 0.25) is 0 Å². The van der Waals surface area contributed by atoms with Gasteiger partial charge in [0.15, 0.2) is 0 Å². The molecule has 1 aromatic carbocycles. The van der Waals surface area contributed by atoms with E-state index in [1.54, 1.807) is 11.3 Å². The Hall–Kier alpha value is -1.55. The van der Waals surface area contributed by atoms with Gasteiger partial charge >= 0.3 is 6.09 Å². The van der Waals surface area contributed by atoms with Gasteiger partial charge in [0.25, 0.3) is 0 Å². The molecule has 1 heterocycles. The van der Waals surface area contributed by atoms with Crippen molar-refractivity contribution in [3.63, 3.8) is 0 Å². The van der Waals surface area contributed by atoms with E-state index in [-0.39, 0.29) is 6.09 Å². The molecule has 90 valence electrons. The standard InChI is InChI=1S/C13H15NO2S/c1-9(2)8-16-13(15)14-12-7-10-5-3-4-6-11(10)17-12/h3-7,9H,8H2,1-2H3,(H,14,15). The summed E-state index contributed by atoms with van der Waals surface area (Å²) in [6, 6.07) is 9.98. The lowest BCUT2D eigenvalue weighted by molar-refractivity contribution is 0.147. The molecule has 0 aliphatic heterocycles. The maximum atomic E-state index is 11.5. The molecule has 0 saturated carbocycles. The molecule has 1 aromatic heterocycles. The summed E-state index contributed by atoms with van der Waals surface area (Å²) < 4.78 is 6.22. The Balaban J connectivity index is 2.01. The third-order valence-electron chi connectivity index (χ3n) is 2.20. The van der Waals surface area contributed by atoms with Crippen molar-refractivity contribution >= 4 is 32.5 Å². The van der Waals surface area contributed by atoms with Crippen LogP contribution in [0.25, 0.3) is 10.1 Å². The summed E-state index contributed by atoms with van der Waals surface area (Å²) in [5.41, 5.74) is 0. The average molecular weight is 249 g/mol. The number of benzene rings is 1. The highest BCUT2D eigenvalue weighted by Gasteiger charge is 2.07. The highest BCUT2D eigenvalue weighted by atomic mass is 32.1. The number of carbonyl (C=O) groups excluding carboxylic acids is 1. The minimum atomic E-state index is -0.384. The van der Waals surface area contributed by atoms with Gasteiger partial charge in [-0.25, -0.2) is 4.79 Å². The minimum absolute atomic E-state index is 0.350. The van der Waals surface area contributed by atoms with Crippen LogP contribution in [0.1, 0.15) is 13.8 Å². The summed E-state index contributed by atoms with van der Waals surface area (Å²) in [4.78, 5) is 11.5.